The van der Waals surface area contributed by atoms with E-state index in [1.807, 2.05) is 30.3 Å². The highest BCUT2D eigenvalue weighted by Gasteiger charge is 2.07. The van der Waals surface area contributed by atoms with Gasteiger partial charge in [-0.05, 0) is 18.2 Å². The van der Waals surface area contributed by atoms with Gasteiger partial charge in [0.2, 0.25) is 5.91 Å². The van der Waals surface area contributed by atoms with E-state index in [4.69, 9.17) is 4.74 Å². The highest BCUT2D eigenvalue weighted by atomic mass is 16.5. The molecule has 2 rings (SSSR count). The molecule has 0 N–H and O–H groups in total. The number of carbonyl (C=O) groups excluding carboxylic acids is 1. The summed E-state index contributed by atoms with van der Waals surface area (Å²) in [4.78, 5) is 37.2. The molecule has 1 heterocycles. The Bertz CT molecular complexity index is 881. The summed E-state index contributed by atoms with van der Waals surface area (Å²) in [6.45, 7) is 0.769. The van der Waals surface area contributed by atoms with E-state index in [0.717, 1.165) is 10.3 Å². The summed E-state index contributed by atoms with van der Waals surface area (Å²) in [5.74, 6) is 0.486. The minimum atomic E-state index is -0.442. The lowest BCUT2D eigenvalue weighted by Gasteiger charge is -2.15. The normalized spacial score (nSPS) is 10.8. The molecule has 0 aliphatic heterocycles. The zero-order valence-corrected chi connectivity index (χ0v) is 14.5. The lowest BCUT2D eigenvalue weighted by atomic mass is 10.3. The maximum absolute atomic E-state index is 12.1. The lowest BCUT2D eigenvalue weighted by molar-refractivity contribution is -0.125. The molecule has 1 aromatic carbocycles. The molecule has 0 saturated heterocycles. The number of benzene rings is 1. The van der Waals surface area contributed by atoms with Crippen molar-refractivity contribution in [3.05, 3.63) is 69.0 Å². The van der Waals surface area contributed by atoms with Crippen LogP contribution in [0.5, 0.6) is 5.75 Å². The van der Waals surface area contributed by atoms with Crippen molar-refractivity contribution in [3.8, 4) is 5.75 Å². The molecule has 0 radical (unpaired) electrons. The quantitative estimate of drug-likeness (QED) is 0.722. The Labute approximate surface area is 145 Å². The van der Waals surface area contributed by atoms with Gasteiger partial charge >= 0.3 is 5.69 Å². The van der Waals surface area contributed by atoms with Crippen LogP contribution in [-0.4, -0.2) is 40.1 Å². The Morgan fingerprint density at radius 3 is 2.56 bits per heavy atom. The Kier molecular flexibility index (Phi) is 5.94. The number of ether oxygens (including phenoxy) is 1. The van der Waals surface area contributed by atoms with Crippen LogP contribution in [0.1, 0.15) is 5.56 Å². The van der Waals surface area contributed by atoms with E-state index in [2.05, 4.69) is 0 Å². The van der Waals surface area contributed by atoms with Gasteiger partial charge in [-0.2, -0.15) is 0 Å². The third kappa shape index (κ3) is 4.69. The summed E-state index contributed by atoms with van der Waals surface area (Å²) in [6, 6.07) is 9.34. The number of likely N-dealkylation sites (N-methyl/N-ethyl adjacent to an activating group) is 1. The Morgan fingerprint density at radius 2 is 1.88 bits per heavy atom. The van der Waals surface area contributed by atoms with Gasteiger partial charge in [0.1, 0.15) is 12.4 Å². The SMILES string of the molecule is CN(CCOc1ccccc1)C(=O)/C=C/c1cn(C)c(=O)n(C)c1=O. The van der Waals surface area contributed by atoms with Gasteiger partial charge in [-0.15, -0.1) is 0 Å². The minimum Gasteiger partial charge on any atom is -0.492 e. The van der Waals surface area contributed by atoms with E-state index in [9.17, 15) is 14.4 Å². The van der Waals surface area contributed by atoms with Crippen LogP contribution in [0.2, 0.25) is 0 Å². The molecule has 0 unspecified atom stereocenters. The van der Waals surface area contributed by atoms with Crippen LogP contribution in [0, 0.1) is 0 Å². The number of rotatable bonds is 6. The van der Waals surface area contributed by atoms with Crippen LogP contribution >= 0.6 is 0 Å². The van der Waals surface area contributed by atoms with Crippen molar-refractivity contribution in [3.63, 3.8) is 0 Å². The maximum Gasteiger partial charge on any atom is 0.330 e. The monoisotopic (exact) mass is 343 g/mol. The molecule has 25 heavy (non-hydrogen) atoms. The second-order valence-corrected chi connectivity index (χ2v) is 5.60. The summed E-state index contributed by atoms with van der Waals surface area (Å²) in [6.07, 6.45) is 4.13. The molecule has 0 spiro atoms. The topological polar surface area (TPSA) is 73.5 Å². The molecule has 0 atom stereocenters. The molecule has 0 aliphatic rings. The number of hydrogen-bond acceptors (Lipinski definition) is 4. The van der Waals surface area contributed by atoms with E-state index >= 15 is 0 Å². The molecular weight excluding hydrogens is 322 g/mol. The van der Waals surface area contributed by atoms with Crippen molar-refractivity contribution in [1.82, 2.24) is 14.0 Å². The number of para-hydroxylation sites is 1. The number of aromatic nitrogens is 2. The average Bonchev–Trinajstić information content (AvgIpc) is 2.62. The van der Waals surface area contributed by atoms with Crippen LogP contribution in [0.15, 0.2) is 52.2 Å². The lowest BCUT2D eigenvalue weighted by Crippen LogP contribution is -2.37. The number of nitrogens with zero attached hydrogens (tertiary/aromatic N) is 3. The minimum absolute atomic E-state index is 0.257. The second-order valence-electron chi connectivity index (χ2n) is 5.60. The van der Waals surface area contributed by atoms with Crippen molar-refractivity contribution in [2.75, 3.05) is 20.2 Å². The fourth-order valence-corrected chi connectivity index (χ4v) is 2.17. The van der Waals surface area contributed by atoms with Gasteiger partial charge in [0.15, 0.2) is 0 Å². The van der Waals surface area contributed by atoms with Crippen LogP contribution in [0.3, 0.4) is 0 Å². The van der Waals surface area contributed by atoms with E-state index in [1.165, 1.54) is 34.9 Å². The molecule has 2 aromatic rings. The van der Waals surface area contributed by atoms with E-state index in [1.54, 1.807) is 14.1 Å². The predicted molar refractivity (Wildman–Crippen MR) is 95.5 cm³/mol. The summed E-state index contributed by atoms with van der Waals surface area (Å²) in [7, 11) is 4.60. The number of amides is 1. The van der Waals surface area contributed by atoms with Crippen molar-refractivity contribution >= 4 is 12.0 Å². The number of carbonyl (C=O) groups is 1. The fraction of sp³-hybridized carbons (Fsp3) is 0.278. The van der Waals surface area contributed by atoms with Gasteiger partial charge in [-0.1, -0.05) is 18.2 Å². The van der Waals surface area contributed by atoms with Crippen molar-refractivity contribution in [2.45, 2.75) is 0 Å². The van der Waals surface area contributed by atoms with Gasteiger partial charge in [0.25, 0.3) is 5.56 Å². The van der Waals surface area contributed by atoms with Gasteiger partial charge < -0.3 is 14.2 Å². The first-order chi connectivity index (χ1) is 11.9. The Balaban J connectivity index is 1.96. The zero-order valence-electron chi connectivity index (χ0n) is 14.5. The Hall–Kier alpha value is -3.09. The molecule has 0 bridgehead atoms. The summed E-state index contributed by atoms with van der Waals surface area (Å²) >= 11 is 0. The predicted octanol–water partition coefficient (Wildman–Crippen LogP) is 0.635. The molecule has 1 aromatic heterocycles. The highest BCUT2D eigenvalue weighted by molar-refractivity contribution is 5.91. The van der Waals surface area contributed by atoms with Crippen molar-refractivity contribution in [2.24, 2.45) is 14.1 Å². The first-order valence-corrected chi connectivity index (χ1v) is 7.78. The van der Waals surface area contributed by atoms with E-state index < -0.39 is 11.2 Å². The molecular formula is C18H21N3O4. The molecule has 7 nitrogen and oxygen atoms in total. The number of hydrogen-bond donors (Lipinski definition) is 0. The molecule has 0 saturated carbocycles. The van der Waals surface area contributed by atoms with Gasteiger partial charge in [-0.3, -0.25) is 14.2 Å². The summed E-state index contributed by atoms with van der Waals surface area (Å²) in [5.41, 5.74) is -0.585. The largest absolute Gasteiger partial charge is 0.492 e. The average molecular weight is 343 g/mol. The smallest absolute Gasteiger partial charge is 0.330 e. The molecule has 0 aliphatic carbocycles. The maximum atomic E-state index is 12.1. The van der Waals surface area contributed by atoms with Gasteiger partial charge in [0.05, 0.1) is 12.1 Å². The third-order valence-electron chi connectivity index (χ3n) is 3.69. The standard InChI is InChI=1S/C18H21N3O4/c1-19(11-12-25-15-7-5-4-6-8-15)16(22)10-9-14-13-20(2)18(24)21(3)17(14)23/h4-10,13H,11-12H2,1-3H3/b10-9+. The first-order valence-electron chi connectivity index (χ1n) is 7.78. The molecule has 132 valence electrons. The summed E-state index contributed by atoms with van der Waals surface area (Å²) < 4.78 is 7.84. The second kappa shape index (κ2) is 8.14. The third-order valence-corrected chi connectivity index (χ3v) is 3.69. The van der Waals surface area contributed by atoms with Crippen molar-refractivity contribution < 1.29 is 9.53 Å². The summed E-state index contributed by atoms with van der Waals surface area (Å²) in [5, 5.41) is 0. The van der Waals surface area contributed by atoms with E-state index in [0.29, 0.717) is 13.2 Å². The van der Waals surface area contributed by atoms with Gasteiger partial charge in [-0.25, -0.2) is 4.79 Å². The fourth-order valence-electron chi connectivity index (χ4n) is 2.17. The van der Waals surface area contributed by atoms with Crippen LogP contribution in [0.4, 0.5) is 0 Å². The van der Waals surface area contributed by atoms with Crippen LogP contribution in [-0.2, 0) is 18.9 Å². The van der Waals surface area contributed by atoms with E-state index in [-0.39, 0.29) is 11.5 Å². The van der Waals surface area contributed by atoms with Gasteiger partial charge in [0, 0.05) is 33.4 Å². The molecule has 7 heteroatoms. The number of aryl methyl sites for hydroxylation is 1. The van der Waals surface area contributed by atoms with Crippen molar-refractivity contribution in [1.29, 1.82) is 0 Å². The Morgan fingerprint density at radius 1 is 1.20 bits per heavy atom. The van der Waals surface area contributed by atoms with Crippen LogP contribution in [0.25, 0.3) is 6.08 Å². The van der Waals surface area contributed by atoms with Crippen LogP contribution < -0.4 is 16.0 Å². The molecule has 0 fully saturated rings. The zero-order chi connectivity index (χ0) is 18.4. The molecule has 1 amide bonds. The highest BCUT2D eigenvalue weighted by Crippen LogP contribution is 2.07. The first kappa shape index (κ1) is 18.3.